The number of rotatable bonds is 10. The average molecular weight is 308 g/mol. The second-order valence-corrected chi connectivity index (χ2v) is 6.09. The van der Waals surface area contributed by atoms with E-state index in [2.05, 4.69) is 24.4 Å². The van der Waals surface area contributed by atoms with Crippen LogP contribution in [0, 0.1) is 0 Å². The van der Waals surface area contributed by atoms with Gasteiger partial charge in [-0.3, -0.25) is 0 Å². The fraction of sp³-hybridized carbons (Fsp3) is 0.667. The summed E-state index contributed by atoms with van der Waals surface area (Å²) >= 11 is 0. The van der Waals surface area contributed by atoms with Crippen LogP contribution in [0.15, 0.2) is 24.3 Å². The molecule has 3 N–H and O–H groups in total. The molecule has 0 saturated heterocycles. The van der Waals surface area contributed by atoms with Crippen molar-refractivity contribution < 1.29 is 19.9 Å². The van der Waals surface area contributed by atoms with Crippen LogP contribution in [-0.2, 0) is 11.2 Å². The SMILES string of the molecule is CCc1ccc(OCCOC[C@@H](O)C[NH2+]C2CCCC2)cc1. The van der Waals surface area contributed by atoms with Gasteiger partial charge in [-0.25, -0.2) is 0 Å². The Morgan fingerprint density at radius 2 is 1.91 bits per heavy atom. The smallest absolute Gasteiger partial charge is 0.126 e. The maximum absolute atomic E-state index is 9.89. The van der Waals surface area contributed by atoms with Gasteiger partial charge in [-0.15, -0.1) is 0 Å². The van der Waals surface area contributed by atoms with Crippen LogP contribution in [0.3, 0.4) is 0 Å². The Labute approximate surface area is 133 Å². The molecule has 0 amide bonds. The molecule has 0 aliphatic heterocycles. The molecule has 0 bridgehead atoms. The Morgan fingerprint density at radius 3 is 2.59 bits per heavy atom. The Hall–Kier alpha value is -1.10. The average Bonchev–Trinajstić information content (AvgIpc) is 3.06. The molecule has 4 heteroatoms. The van der Waals surface area contributed by atoms with Crippen LogP contribution in [-0.4, -0.2) is 43.6 Å². The summed E-state index contributed by atoms with van der Waals surface area (Å²) in [6, 6.07) is 8.86. The largest absolute Gasteiger partial charge is 0.491 e. The van der Waals surface area contributed by atoms with Gasteiger partial charge in [-0.2, -0.15) is 0 Å². The first-order chi connectivity index (χ1) is 10.8. The van der Waals surface area contributed by atoms with Gasteiger partial charge in [0, 0.05) is 0 Å². The minimum absolute atomic E-state index is 0.385. The third-order valence-electron chi connectivity index (χ3n) is 4.28. The number of nitrogens with two attached hydrogens (primary N) is 1. The molecule has 0 heterocycles. The van der Waals surface area contributed by atoms with Crippen LogP contribution >= 0.6 is 0 Å². The molecule has 1 saturated carbocycles. The minimum atomic E-state index is -0.385. The minimum Gasteiger partial charge on any atom is -0.491 e. The van der Waals surface area contributed by atoms with E-state index in [0.717, 1.165) is 18.7 Å². The van der Waals surface area contributed by atoms with Crippen molar-refractivity contribution in [2.24, 2.45) is 0 Å². The summed E-state index contributed by atoms with van der Waals surface area (Å²) in [4.78, 5) is 0. The van der Waals surface area contributed by atoms with Crippen LogP contribution in [0.4, 0.5) is 0 Å². The maximum Gasteiger partial charge on any atom is 0.126 e. The summed E-state index contributed by atoms with van der Waals surface area (Å²) in [5.74, 6) is 0.871. The molecule has 124 valence electrons. The molecule has 1 aliphatic rings. The van der Waals surface area contributed by atoms with Gasteiger partial charge in [-0.05, 0) is 49.8 Å². The summed E-state index contributed by atoms with van der Waals surface area (Å²) in [7, 11) is 0. The van der Waals surface area contributed by atoms with Crippen molar-refractivity contribution in [1.29, 1.82) is 0 Å². The van der Waals surface area contributed by atoms with Gasteiger partial charge in [0.2, 0.25) is 0 Å². The number of hydrogen-bond donors (Lipinski definition) is 2. The quantitative estimate of drug-likeness (QED) is 0.644. The summed E-state index contributed by atoms with van der Waals surface area (Å²) in [5, 5.41) is 12.2. The van der Waals surface area contributed by atoms with E-state index in [1.54, 1.807) is 0 Å². The zero-order valence-electron chi connectivity index (χ0n) is 13.7. The van der Waals surface area contributed by atoms with Crippen molar-refractivity contribution in [3.63, 3.8) is 0 Å². The molecule has 0 aromatic heterocycles. The first kappa shape index (κ1) is 17.3. The lowest BCUT2D eigenvalue weighted by atomic mass is 10.2. The molecule has 2 rings (SSSR count). The summed E-state index contributed by atoms with van der Waals surface area (Å²) < 4.78 is 11.1. The highest BCUT2D eigenvalue weighted by molar-refractivity contribution is 5.27. The van der Waals surface area contributed by atoms with Crippen LogP contribution in [0.5, 0.6) is 5.75 Å². The van der Waals surface area contributed by atoms with E-state index in [4.69, 9.17) is 9.47 Å². The van der Waals surface area contributed by atoms with E-state index in [9.17, 15) is 5.11 Å². The van der Waals surface area contributed by atoms with E-state index in [0.29, 0.717) is 25.9 Å². The predicted octanol–water partition coefficient (Wildman–Crippen LogP) is 1.51. The second-order valence-electron chi connectivity index (χ2n) is 6.09. The number of hydrogen-bond acceptors (Lipinski definition) is 3. The van der Waals surface area contributed by atoms with Crippen LogP contribution in [0.2, 0.25) is 0 Å². The van der Waals surface area contributed by atoms with E-state index in [1.165, 1.54) is 31.2 Å². The Morgan fingerprint density at radius 1 is 1.18 bits per heavy atom. The number of aliphatic hydroxyl groups excluding tert-OH is 1. The molecule has 0 unspecified atom stereocenters. The second kappa shape index (κ2) is 9.82. The lowest BCUT2D eigenvalue weighted by Gasteiger charge is -2.14. The molecular weight excluding hydrogens is 278 g/mol. The standard InChI is InChI=1S/C18H29NO3/c1-2-15-7-9-18(10-8-15)22-12-11-21-14-17(20)13-19-16-5-3-4-6-16/h7-10,16-17,19-20H,2-6,11-14H2,1H3/p+1/t17-/m0/s1. The first-order valence-electron chi connectivity index (χ1n) is 8.58. The van der Waals surface area contributed by atoms with Crippen molar-refractivity contribution in [1.82, 2.24) is 0 Å². The highest BCUT2D eigenvalue weighted by atomic mass is 16.5. The molecule has 1 atom stereocenters. The van der Waals surface area contributed by atoms with Gasteiger partial charge >= 0.3 is 0 Å². The molecule has 4 nitrogen and oxygen atoms in total. The predicted molar refractivity (Wildman–Crippen MR) is 87.2 cm³/mol. The van der Waals surface area contributed by atoms with Gasteiger partial charge in [0.25, 0.3) is 0 Å². The van der Waals surface area contributed by atoms with Crippen LogP contribution < -0.4 is 10.1 Å². The number of aryl methyl sites for hydroxylation is 1. The normalized spacial score (nSPS) is 16.8. The van der Waals surface area contributed by atoms with Gasteiger partial charge in [-0.1, -0.05) is 19.1 Å². The fourth-order valence-corrected chi connectivity index (χ4v) is 2.87. The summed E-state index contributed by atoms with van der Waals surface area (Å²) in [5.41, 5.74) is 1.31. The third kappa shape index (κ3) is 6.34. The van der Waals surface area contributed by atoms with Crippen LogP contribution in [0.1, 0.15) is 38.2 Å². The molecule has 22 heavy (non-hydrogen) atoms. The monoisotopic (exact) mass is 308 g/mol. The van der Waals surface area contributed by atoms with Crippen molar-refractivity contribution in [2.75, 3.05) is 26.4 Å². The van der Waals surface area contributed by atoms with Gasteiger partial charge in [0.15, 0.2) is 0 Å². The lowest BCUT2D eigenvalue weighted by molar-refractivity contribution is -0.693. The molecular formula is C18H30NO3+. The van der Waals surface area contributed by atoms with Crippen molar-refractivity contribution in [2.45, 2.75) is 51.2 Å². The Kier molecular flexibility index (Phi) is 7.71. The topological polar surface area (TPSA) is 55.3 Å². The molecule has 1 aliphatic carbocycles. The van der Waals surface area contributed by atoms with Crippen LogP contribution in [0.25, 0.3) is 0 Å². The zero-order valence-corrected chi connectivity index (χ0v) is 13.7. The van der Waals surface area contributed by atoms with Crippen molar-refractivity contribution in [3.8, 4) is 5.75 Å². The van der Waals surface area contributed by atoms with E-state index >= 15 is 0 Å². The maximum atomic E-state index is 9.89. The molecule has 0 spiro atoms. The first-order valence-corrected chi connectivity index (χ1v) is 8.58. The third-order valence-corrected chi connectivity index (χ3v) is 4.28. The highest BCUT2D eigenvalue weighted by Gasteiger charge is 2.19. The summed E-state index contributed by atoms with van der Waals surface area (Å²) in [6.45, 7) is 4.30. The molecule has 1 fully saturated rings. The van der Waals surface area contributed by atoms with Crippen molar-refractivity contribution >= 4 is 0 Å². The Bertz CT molecular complexity index is 401. The van der Waals surface area contributed by atoms with E-state index < -0.39 is 0 Å². The van der Waals surface area contributed by atoms with E-state index in [-0.39, 0.29) is 6.10 Å². The lowest BCUT2D eigenvalue weighted by Crippen LogP contribution is -2.91. The Balaban J connectivity index is 1.49. The molecule has 1 aromatic rings. The van der Waals surface area contributed by atoms with Crippen molar-refractivity contribution in [3.05, 3.63) is 29.8 Å². The fourth-order valence-electron chi connectivity index (χ4n) is 2.87. The number of benzene rings is 1. The molecule has 0 radical (unpaired) electrons. The number of quaternary nitrogens is 1. The highest BCUT2D eigenvalue weighted by Crippen LogP contribution is 2.14. The van der Waals surface area contributed by atoms with E-state index in [1.807, 2.05) is 12.1 Å². The van der Waals surface area contributed by atoms with Gasteiger partial charge < -0.3 is 19.9 Å². The number of aliphatic hydroxyl groups is 1. The summed E-state index contributed by atoms with van der Waals surface area (Å²) in [6.07, 6.45) is 5.91. The number of ether oxygens (including phenoxy) is 2. The zero-order chi connectivity index (χ0) is 15.6. The van der Waals surface area contributed by atoms with Gasteiger partial charge in [0.1, 0.15) is 25.0 Å². The molecule has 1 aromatic carbocycles. The van der Waals surface area contributed by atoms with Gasteiger partial charge in [0.05, 0.1) is 19.3 Å².